The summed E-state index contributed by atoms with van der Waals surface area (Å²) < 4.78 is 9.93. The van der Waals surface area contributed by atoms with Crippen LogP contribution < -0.4 is 15.8 Å². The van der Waals surface area contributed by atoms with Gasteiger partial charge in [-0.05, 0) is 12.1 Å². The lowest BCUT2D eigenvalue weighted by Gasteiger charge is -2.10. The third kappa shape index (κ3) is 4.84. The van der Waals surface area contributed by atoms with Crippen LogP contribution >= 0.6 is 0 Å². The SMILES string of the molecule is COCCNC(=O)COc1cc(N)ccc1C(=O)O. The predicted octanol–water partition coefficient (Wildman–Crippen LogP) is 0.108. The minimum atomic E-state index is -1.14. The van der Waals surface area contributed by atoms with E-state index in [9.17, 15) is 9.59 Å². The molecule has 0 aromatic heterocycles. The maximum Gasteiger partial charge on any atom is 0.339 e. The van der Waals surface area contributed by atoms with Crippen LogP contribution in [0.1, 0.15) is 10.4 Å². The number of amides is 1. The Morgan fingerprint density at radius 3 is 2.79 bits per heavy atom. The summed E-state index contributed by atoms with van der Waals surface area (Å²) in [4.78, 5) is 22.3. The molecule has 104 valence electrons. The van der Waals surface area contributed by atoms with E-state index < -0.39 is 5.97 Å². The fourth-order valence-electron chi connectivity index (χ4n) is 1.32. The van der Waals surface area contributed by atoms with Crippen LogP contribution in [0.2, 0.25) is 0 Å². The molecule has 7 heteroatoms. The summed E-state index contributed by atoms with van der Waals surface area (Å²) in [5.41, 5.74) is 5.86. The first-order valence-corrected chi connectivity index (χ1v) is 5.56. The Morgan fingerprint density at radius 2 is 2.16 bits per heavy atom. The molecular weight excluding hydrogens is 252 g/mol. The molecule has 0 saturated carbocycles. The molecule has 0 spiro atoms. The molecule has 19 heavy (non-hydrogen) atoms. The molecule has 0 fully saturated rings. The van der Waals surface area contributed by atoms with Crippen molar-refractivity contribution in [2.45, 2.75) is 0 Å². The lowest BCUT2D eigenvalue weighted by Crippen LogP contribution is -2.31. The zero-order valence-corrected chi connectivity index (χ0v) is 10.5. The van der Waals surface area contributed by atoms with Gasteiger partial charge in [-0.1, -0.05) is 0 Å². The Morgan fingerprint density at radius 1 is 1.42 bits per heavy atom. The minimum absolute atomic E-state index is 0.0427. The van der Waals surface area contributed by atoms with Gasteiger partial charge in [0.15, 0.2) is 6.61 Å². The number of benzene rings is 1. The van der Waals surface area contributed by atoms with E-state index in [-0.39, 0.29) is 23.8 Å². The highest BCUT2D eigenvalue weighted by Gasteiger charge is 2.12. The molecule has 0 saturated heterocycles. The molecule has 1 aromatic carbocycles. The maximum absolute atomic E-state index is 11.4. The van der Waals surface area contributed by atoms with Crippen LogP contribution in [0.4, 0.5) is 5.69 Å². The molecule has 4 N–H and O–H groups in total. The van der Waals surface area contributed by atoms with Gasteiger partial charge in [-0.25, -0.2) is 4.79 Å². The van der Waals surface area contributed by atoms with Crippen molar-refractivity contribution in [1.29, 1.82) is 0 Å². The number of carbonyl (C=O) groups is 2. The molecule has 0 atom stereocenters. The number of carboxylic acids is 1. The van der Waals surface area contributed by atoms with Gasteiger partial charge in [-0.2, -0.15) is 0 Å². The molecule has 0 radical (unpaired) electrons. The van der Waals surface area contributed by atoms with E-state index in [4.69, 9.17) is 20.3 Å². The Bertz CT molecular complexity index is 461. The molecule has 0 unspecified atom stereocenters. The predicted molar refractivity (Wildman–Crippen MR) is 68.2 cm³/mol. The number of ether oxygens (including phenoxy) is 2. The summed E-state index contributed by atoms with van der Waals surface area (Å²) in [7, 11) is 1.52. The van der Waals surface area contributed by atoms with Gasteiger partial charge in [0.2, 0.25) is 0 Å². The van der Waals surface area contributed by atoms with Crippen molar-refractivity contribution in [1.82, 2.24) is 5.32 Å². The topological polar surface area (TPSA) is 111 Å². The third-order valence-electron chi connectivity index (χ3n) is 2.22. The van der Waals surface area contributed by atoms with Crippen LogP contribution in [-0.4, -0.2) is 43.9 Å². The summed E-state index contributed by atoms with van der Waals surface area (Å²) in [5, 5.41) is 11.5. The molecule has 0 aliphatic carbocycles. The second-order valence-corrected chi connectivity index (χ2v) is 3.69. The second kappa shape index (κ2) is 7.22. The second-order valence-electron chi connectivity index (χ2n) is 3.69. The van der Waals surface area contributed by atoms with Gasteiger partial charge in [-0.3, -0.25) is 4.79 Å². The van der Waals surface area contributed by atoms with Gasteiger partial charge in [-0.15, -0.1) is 0 Å². The number of rotatable bonds is 7. The van der Waals surface area contributed by atoms with Crippen molar-refractivity contribution in [2.24, 2.45) is 0 Å². The van der Waals surface area contributed by atoms with Crippen LogP contribution in [0, 0.1) is 0 Å². The van der Waals surface area contributed by atoms with Crippen molar-refractivity contribution < 1.29 is 24.2 Å². The van der Waals surface area contributed by atoms with Crippen LogP contribution in [0.25, 0.3) is 0 Å². The lowest BCUT2D eigenvalue weighted by molar-refractivity contribution is -0.123. The molecule has 0 aliphatic heterocycles. The summed E-state index contributed by atoms with van der Waals surface area (Å²) in [6.45, 7) is 0.471. The van der Waals surface area contributed by atoms with E-state index in [2.05, 4.69) is 5.32 Å². The average molecular weight is 268 g/mol. The van der Waals surface area contributed by atoms with E-state index in [0.717, 1.165) is 0 Å². The Balaban J connectivity index is 2.59. The van der Waals surface area contributed by atoms with Crippen molar-refractivity contribution >= 4 is 17.6 Å². The number of aromatic carboxylic acids is 1. The number of hydrogen-bond acceptors (Lipinski definition) is 5. The monoisotopic (exact) mass is 268 g/mol. The van der Waals surface area contributed by atoms with Gasteiger partial charge >= 0.3 is 5.97 Å². The van der Waals surface area contributed by atoms with E-state index in [1.54, 1.807) is 0 Å². The highest BCUT2D eigenvalue weighted by atomic mass is 16.5. The van der Waals surface area contributed by atoms with Gasteiger partial charge in [0.25, 0.3) is 5.91 Å². The number of nitrogens with one attached hydrogen (secondary N) is 1. The molecule has 1 aromatic rings. The van der Waals surface area contributed by atoms with E-state index in [0.29, 0.717) is 18.8 Å². The number of carbonyl (C=O) groups excluding carboxylic acids is 1. The zero-order valence-electron chi connectivity index (χ0n) is 10.5. The highest BCUT2D eigenvalue weighted by Crippen LogP contribution is 2.21. The smallest absolute Gasteiger partial charge is 0.339 e. The number of hydrogen-bond donors (Lipinski definition) is 3. The van der Waals surface area contributed by atoms with Crippen LogP contribution in [0.15, 0.2) is 18.2 Å². The number of nitrogens with two attached hydrogens (primary N) is 1. The standard InChI is InChI=1S/C12H16N2O5/c1-18-5-4-14-11(15)7-19-10-6-8(13)2-3-9(10)12(16)17/h2-3,6H,4-5,7,13H2,1H3,(H,14,15)(H,16,17). The summed E-state index contributed by atoms with van der Waals surface area (Å²) in [6.07, 6.45) is 0. The average Bonchev–Trinajstić information content (AvgIpc) is 2.36. The molecule has 0 aliphatic rings. The molecule has 1 rings (SSSR count). The number of nitrogen functional groups attached to an aromatic ring is 1. The van der Waals surface area contributed by atoms with E-state index in [1.807, 2.05) is 0 Å². The number of carboxylic acid groups (broad SMARTS) is 1. The van der Waals surface area contributed by atoms with Gasteiger partial charge < -0.3 is 25.6 Å². The first kappa shape index (κ1) is 14.8. The normalized spacial score (nSPS) is 9.95. The number of anilines is 1. The molecule has 1 amide bonds. The third-order valence-corrected chi connectivity index (χ3v) is 2.22. The fraction of sp³-hybridized carbons (Fsp3) is 0.333. The van der Waals surface area contributed by atoms with E-state index in [1.165, 1.54) is 25.3 Å². The Hall–Kier alpha value is -2.28. The van der Waals surface area contributed by atoms with Crippen LogP contribution in [-0.2, 0) is 9.53 Å². The van der Waals surface area contributed by atoms with Crippen LogP contribution in [0.3, 0.4) is 0 Å². The van der Waals surface area contributed by atoms with Crippen molar-refractivity contribution in [3.63, 3.8) is 0 Å². The molecule has 0 bridgehead atoms. The molecule has 0 heterocycles. The summed E-state index contributed by atoms with van der Waals surface area (Å²) in [5.74, 6) is -1.44. The summed E-state index contributed by atoms with van der Waals surface area (Å²) >= 11 is 0. The zero-order chi connectivity index (χ0) is 14.3. The van der Waals surface area contributed by atoms with Gasteiger partial charge in [0.1, 0.15) is 11.3 Å². The molecule has 7 nitrogen and oxygen atoms in total. The van der Waals surface area contributed by atoms with Gasteiger partial charge in [0.05, 0.1) is 6.61 Å². The number of methoxy groups -OCH3 is 1. The van der Waals surface area contributed by atoms with Crippen molar-refractivity contribution in [3.8, 4) is 5.75 Å². The largest absolute Gasteiger partial charge is 0.483 e. The fourth-order valence-corrected chi connectivity index (χ4v) is 1.32. The van der Waals surface area contributed by atoms with Crippen LogP contribution in [0.5, 0.6) is 5.75 Å². The Kier molecular flexibility index (Phi) is 5.62. The van der Waals surface area contributed by atoms with E-state index >= 15 is 0 Å². The maximum atomic E-state index is 11.4. The first-order chi connectivity index (χ1) is 9.04. The summed E-state index contributed by atoms with van der Waals surface area (Å²) in [6, 6.07) is 4.15. The van der Waals surface area contributed by atoms with Crippen molar-refractivity contribution in [2.75, 3.05) is 32.6 Å². The Labute approximate surface area is 110 Å². The highest BCUT2D eigenvalue weighted by molar-refractivity contribution is 5.91. The quantitative estimate of drug-likeness (QED) is 0.478. The first-order valence-electron chi connectivity index (χ1n) is 5.56. The van der Waals surface area contributed by atoms with Crippen molar-refractivity contribution in [3.05, 3.63) is 23.8 Å². The van der Waals surface area contributed by atoms with Gasteiger partial charge in [0, 0.05) is 25.4 Å². The minimum Gasteiger partial charge on any atom is -0.483 e. The lowest BCUT2D eigenvalue weighted by atomic mass is 10.2. The molecular formula is C12H16N2O5.